The number of cyclic esters (lactones) is 1. The van der Waals surface area contributed by atoms with Gasteiger partial charge in [0.25, 0.3) is 0 Å². The molecule has 2 N–H and O–H groups in total. The number of aliphatic hydroxyl groups is 2. The van der Waals surface area contributed by atoms with E-state index in [1.807, 2.05) is 48.7 Å². The molecule has 3 aliphatic heterocycles. The Bertz CT molecular complexity index is 1060. The molecule has 0 spiro atoms. The van der Waals surface area contributed by atoms with Gasteiger partial charge in [0.2, 0.25) is 0 Å². The molecule has 3 fully saturated rings. The molecule has 0 aromatic heterocycles. The van der Waals surface area contributed by atoms with E-state index in [1.54, 1.807) is 21.0 Å². The molecule has 0 aliphatic carbocycles. The predicted molar refractivity (Wildman–Crippen MR) is 180 cm³/mol. The Kier molecular flexibility index (Phi) is 13.5. The van der Waals surface area contributed by atoms with Crippen LogP contribution in [0, 0.1) is 29.6 Å². The summed E-state index contributed by atoms with van der Waals surface area (Å²) in [6.45, 7) is 22.7. The Morgan fingerprint density at radius 2 is 1.78 bits per heavy atom. The van der Waals surface area contributed by atoms with Gasteiger partial charge in [0.05, 0.1) is 36.4 Å². The summed E-state index contributed by atoms with van der Waals surface area (Å²) in [6.07, 6.45) is 1.49. The molecule has 2 bridgehead atoms. The van der Waals surface area contributed by atoms with E-state index in [0.717, 1.165) is 17.6 Å². The van der Waals surface area contributed by atoms with Crippen molar-refractivity contribution in [3.8, 4) is 0 Å². The van der Waals surface area contributed by atoms with Crippen LogP contribution in [0.3, 0.4) is 0 Å². The molecule has 3 saturated heterocycles. The summed E-state index contributed by atoms with van der Waals surface area (Å²) in [7, 11) is 5.74. The van der Waals surface area contributed by atoms with Crippen molar-refractivity contribution in [3.63, 3.8) is 0 Å². The van der Waals surface area contributed by atoms with Crippen LogP contribution in [0.5, 0.6) is 0 Å². The lowest BCUT2D eigenvalue weighted by Crippen LogP contribution is -2.60. The SMILES string of the molecule is C=C1[C@H](C)C[C@@]2(C)OCC(=CC)CC[C@H]([C@H]1C)[C@](C)(O)[C@@H](CC)OC(=O)[C@H](C)[C@@H](O)[C@H](C)[C@H]2O[C@@H]1O[C@H](C)C[C@H](N(C)C)[C@H]1OC. The number of allylic oxidation sites excluding steroid dienone is 2. The van der Waals surface area contributed by atoms with E-state index in [-0.39, 0.29) is 36.0 Å². The Balaban J connectivity index is 2.24. The third-order valence-electron chi connectivity index (χ3n) is 11.6. The van der Waals surface area contributed by atoms with Crippen molar-refractivity contribution in [1.29, 1.82) is 0 Å². The number of rotatable bonds is 5. The van der Waals surface area contributed by atoms with E-state index in [1.165, 1.54) is 0 Å². The highest BCUT2D eigenvalue weighted by atomic mass is 16.7. The fourth-order valence-electron chi connectivity index (χ4n) is 8.39. The number of carbonyl (C=O) groups is 1. The molecule has 0 saturated carbocycles. The number of ether oxygens (including phenoxy) is 5. The molecular formula is C37H65NO8. The van der Waals surface area contributed by atoms with Crippen LogP contribution in [0.1, 0.15) is 94.4 Å². The molecule has 0 radical (unpaired) electrons. The minimum Gasteiger partial charge on any atom is -0.459 e. The lowest BCUT2D eigenvalue weighted by molar-refractivity contribution is -0.306. The molecule has 0 unspecified atom stereocenters. The van der Waals surface area contributed by atoms with Crippen LogP contribution in [0.15, 0.2) is 23.8 Å². The highest BCUT2D eigenvalue weighted by Crippen LogP contribution is 2.45. The third kappa shape index (κ3) is 8.27. The first-order valence-corrected chi connectivity index (χ1v) is 17.5. The molecule has 0 amide bonds. The first kappa shape index (κ1) is 39.1. The first-order chi connectivity index (χ1) is 21.4. The number of nitrogens with zero attached hydrogens (tertiary/aromatic N) is 1. The largest absolute Gasteiger partial charge is 0.459 e. The zero-order valence-corrected chi connectivity index (χ0v) is 30.7. The Morgan fingerprint density at radius 3 is 2.35 bits per heavy atom. The van der Waals surface area contributed by atoms with Gasteiger partial charge in [-0.1, -0.05) is 45.9 Å². The topological polar surface area (TPSA) is 107 Å². The van der Waals surface area contributed by atoms with Gasteiger partial charge < -0.3 is 38.8 Å². The first-order valence-electron chi connectivity index (χ1n) is 17.5. The van der Waals surface area contributed by atoms with Crippen LogP contribution in [0.4, 0.5) is 0 Å². The number of hydrogen-bond donors (Lipinski definition) is 2. The Labute approximate surface area is 279 Å². The standard InChI is InChI=1S/C37H65NO8/c1-14-27-16-17-28-24(6)23(5)21(3)19-36(9,43-20-27)33(46-35-32(42-13)29(38(11)12)18-22(4)44-35)25(7)31(39)26(8)34(40)45-30(15-2)37(28,10)41/h14,21-22,24-26,28-33,35,39,41H,5,15-20H2,1-4,6-13H3/t21-,22-,24+,25+,26-,28-,29+,30-,31+,32-,33-,35+,36-,37+/m1/s1. The summed E-state index contributed by atoms with van der Waals surface area (Å²) < 4.78 is 32.5. The molecule has 3 rings (SSSR count). The number of fused-ring (bicyclic) bond motifs is 5. The second-order valence-electron chi connectivity index (χ2n) is 15.2. The van der Waals surface area contributed by atoms with Crippen LogP contribution in [-0.4, -0.2) is 103 Å². The van der Waals surface area contributed by atoms with Crippen LogP contribution in [0.25, 0.3) is 0 Å². The van der Waals surface area contributed by atoms with Crippen molar-refractivity contribution >= 4 is 5.97 Å². The second-order valence-corrected chi connectivity index (χ2v) is 15.2. The molecule has 0 aromatic carbocycles. The molecular weight excluding hydrogens is 586 g/mol. The average Bonchev–Trinajstić information content (AvgIpc) is 3.02. The maximum absolute atomic E-state index is 13.7. The highest BCUT2D eigenvalue weighted by molar-refractivity contribution is 5.73. The van der Waals surface area contributed by atoms with Crippen molar-refractivity contribution in [2.45, 2.75) is 148 Å². The molecule has 14 atom stereocenters. The minimum absolute atomic E-state index is 0.0113. The minimum atomic E-state index is -1.32. The average molecular weight is 652 g/mol. The maximum atomic E-state index is 13.7. The number of aliphatic hydroxyl groups excluding tert-OH is 1. The molecule has 9 nitrogen and oxygen atoms in total. The number of hydrogen-bond acceptors (Lipinski definition) is 9. The molecule has 0 aromatic rings. The van der Waals surface area contributed by atoms with Crippen molar-refractivity contribution in [2.75, 3.05) is 27.8 Å². The molecule has 266 valence electrons. The van der Waals surface area contributed by atoms with Crippen LogP contribution >= 0.6 is 0 Å². The lowest BCUT2D eigenvalue weighted by atomic mass is 9.67. The smallest absolute Gasteiger partial charge is 0.311 e. The van der Waals surface area contributed by atoms with Crippen molar-refractivity contribution < 1.29 is 38.7 Å². The van der Waals surface area contributed by atoms with Crippen LogP contribution in [-0.2, 0) is 28.5 Å². The van der Waals surface area contributed by atoms with E-state index < -0.39 is 53.6 Å². The Morgan fingerprint density at radius 1 is 1.13 bits per heavy atom. The number of methoxy groups -OCH3 is 1. The van der Waals surface area contributed by atoms with Crippen molar-refractivity contribution in [2.24, 2.45) is 29.6 Å². The maximum Gasteiger partial charge on any atom is 0.311 e. The van der Waals surface area contributed by atoms with E-state index in [4.69, 9.17) is 23.7 Å². The Hall–Kier alpha value is -1.33. The van der Waals surface area contributed by atoms with Gasteiger partial charge in [0.15, 0.2) is 6.29 Å². The summed E-state index contributed by atoms with van der Waals surface area (Å²) in [5, 5.41) is 24.1. The van der Waals surface area contributed by atoms with Gasteiger partial charge in [-0.15, -0.1) is 0 Å². The van der Waals surface area contributed by atoms with Gasteiger partial charge in [-0.25, -0.2) is 0 Å². The lowest BCUT2D eigenvalue weighted by Gasteiger charge is -2.49. The van der Waals surface area contributed by atoms with Crippen molar-refractivity contribution in [3.05, 3.63) is 23.8 Å². The van der Waals surface area contributed by atoms with Gasteiger partial charge in [-0.3, -0.25) is 4.79 Å². The number of esters is 1. The highest BCUT2D eigenvalue weighted by Gasteiger charge is 2.52. The molecule has 3 aliphatic rings. The quantitative estimate of drug-likeness (QED) is 0.294. The number of likely N-dealkylation sites (N-methyl/N-ethyl adjacent to an activating group) is 1. The summed E-state index contributed by atoms with van der Waals surface area (Å²) in [5.74, 6) is -2.30. The van der Waals surface area contributed by atoms with Crippen molar-refractivity contribution in [1.82, 2.24) is 4.90 Å². The normalized spacial score (nSPS) is 46.4. The second kappa shape index (κ2) is 15.9. The van der Waals surface area contributed by atoms with Gasteiger partial charge in [0.1, 0.15) is 17.8 Å². The van der Waals surface area contributed by atoms with E-state index in [2.05, 4.69) is 31.4 Å². The molecule has 9 heteroatoms. The van der Waals surface area contributed by atoms with Gasteiger partial charge in [0, 0.05) is 19.1 Å². The summed E-state index contributed by atoms with van der Waals surface area (Å²) in [6, 6.07) is 0.0533. The summed E-state index contributed by atoms with van der Waals surface area (Å²) in [4.78, 5) is 15.9. The predicted octanol–water partition coefficient (Wildman–Crippen LogP) is 5.52. The van der Waals surface area contributed by atoms with E-state index >= 15 is 0 Å². The summed E-state index contributed by atoms with van der Waals surface area (Å²) in [5.41, 5.74) is -0.116. The van der Waals surface area contributed by atoms with E-state index in [9.17, 15) is 15.0 Å². The van der Waals surface area contributed by atoms with Gasteiger partial charge >= 0.3 is 5.97 Å². The molecule has 46 heavy (non-hydrogen) atoms. The fourth-order valence-corrected chi connectivity index (χ4v) is 8.39. The van der Waals surface area contributed by atoms with Gasteiger partial charge in [-0.2, -0.15) is 0 Å². The number of carbonyl (C=O) groups excluding carboxylic acids is 1. The summed E-state index contributed by atoms with van der Waals surface area (Å²) >= 11 is 0. The van der Waals surface area contributed by atoms with E-state index in [0.29, 0.717) is 32.3 Å². The van der Waals surface area contributed by atoms with Crippen LogP contribution < -0.4 is 0 Å². The monoisotopic (exact) mass is 651 g/mol. The van der Waals surface area contributed by atoms with Gasteiger partial charge in [-0.05, 0) is 104 Å². The third-order valence-corrected chi connectivity index (χ3v) is 11.6. The molecule has 3 heterocycles. The zero-order chi connectivity index (χ0) is 34.7. The fraction of sp³-hybridized carbons (Fsp3) is 0.865. The van der Waals surface area contributed by atoms with Crippen LogP contribution in [0.2, 0.25) is 0 Å². The zero-order valence-electron chi connectivity index (χ0n) is 30.7.